The third-order valence-corrected chi connectivity index (χ3v) is 2.87. The van der Waals surface area contributed by atoms with E-state index in [1.165, 1.54) is 13.2 Å². The molecule has 0 bridgehead atoms. The molecule has 0 heterocycles. The predicted molar refractivity (Wildman–Crippen MR) is 67.5 cm³/mol. The molecule has 0 saturated heterocycles. The highest BCUT2D eigenvalue weighted by Gasteiger charge is 2.24. The van der Waals surface area contributed by atoms with Crippen LogP contribution in [0.25, 0.3) is 0 Å². The fourth-order valence-electron chi connectivity index (χ4n) is 1.33. The van der Waals surface area contributed by atoms with Gasteiger partial charge in [-0.25, -0.2) is 4.79 Å². The molecule has 0 radical (unpaired) electrons. The molecule has 18 heavy (non-hydrogen) atoms. The first-order valence-corrected chi connectivity index (χ1v) is 5.88. The maximum atomic E-state index is 11.8. The van der Waals surface area contributed by atoms with Crippen molar-refractivity contribution in [2.45, 2.75) is 20.0 Å². The number of benzene rings is 1. The molecular weight excluding hydrogens is 256 g/mol. The summed E-state index contributed by atoms with van der Waals surface area (Å²) in [5, 5.41) is 0.457. The third-order valence-electron chi connectivity index (χ3n) is 2.63. The SMILES string of the molecule is COC(=O)[C@@H](C)[C@H](C)OC(=O)c1cccc(Cl)c1. The average molecular weight is 271 g/mol. The zero-order chi connectivity index (χ0) is 13.7. The topological polar surface area (TPSA) is 52.6 Å². The molecule has 0 unspecified atom stereocenters. The zero-order valence-electron chi connectivity index (χ0n) is 10.5. The van der Waals surface area contributed by atoms with Gasteiger partial charge in [-0.15, -0.1) is 0 Å². The van der Waals surface area contributed by atoms with Gasteiger partial charge >= 0.3 is 11.9 Å². The van der Waals surface area contributed by atoms with Gasteiger partial charge in [-0.05, 0) is 32.0 Å². The molecule has 4 nitrogen and oxygen atoms in total. The zero-order valence-corrected chi connectivity index (χ0v) is 11.2. The molecule has 0 aliphatic heterocycles. The van der Waals surface area contributed by atoms with Crippen molar-refractivity contribution < 1.29 is 19.1 Å². The van der Waals surface area contributed by atoms with Crippen LogP contribution < -0.4 is 0 Å². The summed E-state index contributed by atoms with van der Waals surface area (Å²) in [6.07, 6.45) is -0.566. The molecule has 0 fully saturated rings. The first-order chi connectivity index (χ1) is 8.45. The van der Waals surface area contributed by atoms with Gasteiger partial charge in [0.05, 0.1) is 18.6 Å². The molecule has 0 saturated carbocycles. The Kier molecular flexibility index (Phi) is 5.16. The number of carbonyl (C=O) groups excluding carboxylic acids is 2. The van der Waals surface area contributed by atoms with Crippen molar-refractivity contribution >= 4 is 23.5 Å². The van der Waals surface area contributed by atoms with Gasteiger partial charge in [-0.1, -0.05) is 17.7 Å². The lowest BCUT2D eigenvalue weighted by Crippen LogP contribution is -2.29. The van der Waals surface area contributed by atoms with Crippen molar-refractivity contribution in [2.75, 3.05) is 7.11 Å². The van der Waals surface area contributed by atoms with Crippen molar-refractivity contribution in [1.29, 1.82) is 0 Å². The second-order valence-corrected chi connectivity index (χ2v) is 4.37. The van der Waals surface area contributed by atoms with Gasteiger partial charge in [-0.3, -0.25) is 4.79 Å². The Morgan fingerprint density at radius 3 is 2.50 bits per heavy atom. The van der Waals surface area contributed by atoms with E-state index in [0.29, 0.717) is 10.6 Å². The molecule has 0 amide bonds. The summed E-state index contributed by atoms with van der Waals surface area (Å²) in [6, 6.07) is 6.44. The van der Waals surface area contributed by atoms with Crippen molar-refractivity contribution in [3.8, 4) is 0 Å². The van der Waals surface area contributed by atoms with Crippen LogP contribution >= 0.6 is 11.6 Å². The standard InChI is InChI=1S/C13H15ClO4/c1-8(12(15)17-3)9(2)18-13(16)10-5-4-6-11(14)7-10/h4-9H,1-3H3/t8-,9-/m0/s1. The molecular formula is C13H15ClO4. The van der Waals surface area contributed by atoms with Gasteiger partial charge in [0.1, 0.15) is 6.10 Å². The van der Waals surface area contributed by atoms with Gasteiger partial charge in [-0.2, -0.15) is 0 Å². The highest BCUT2D eigenvalue weighted by atomic mass is 35.5. The summed E-state index contributed by atoms with van der Waals surface area (Å²) < 4.78 is 9.77. The monoisotopic (exact) mass is 270 g/mol. The molecule has 0 N–H and O–H groups in total. The predicted octanol–water partition coefficient (Wildman–Crippen LogP) is 2.69. The van der Waals surface area contributed by atoms with Crippen LogP contribution in [0.15, 0.2) is 24.3 Å². The summed E-state index contributed by atoms with van der Waals surface area (Å²) in [7, 11) is 1.30. The van der Waals surface area contributed by atoms with Crippen molar-refractivity contribution in [3.05, 3.63) is 34.9 Å². The van der Waals surface area contributed by atoms with Crippen molar-refractivity contribution in [2.24, 2.45) is 5.92 Å². The Bertz CT molecular complexity index is 444. The number of methoxy groups -OCH3 is 1. The summed E-state index contributed by atoms with van der Waals surface area (Å²) >= 11 is 5.78. The summed E-state index contributed by atoms with van der Waals surface area (Å²) in [5.41, 5.74) is 0.353. The van der Waals surface area contributed by atoms with E-state index in [9.17, 15) is 9.59 Å². The quantitative estimate of drug-likeness (QED) is 0.790. The Labute approximate surface area is 111 Å². The van der Waals surface area contributed by atoms with E-state index >= 15 is 0 Å². The van der Waals surface area contributed by atoms with E-state index in [-0.39, 0.29) is 0 Å². The van der Waals surface area contributed by atoms with Crippen LogP contribution in [-0.4, -0.2) is 25.2 Å². The summed E-state index contributed by atoms with van der Waals surface area (Å²) in [4.78, 5) is 23.1. The van der Waals surface area contributed by atoms with E-state index in [4.69, 9.17) is 16.3 Å². The first kappa shape index (κ1) is 14.5. The van der Waals surface area contributed by atoms with E-state index in [1.54, 1.807) is 32.0 Å². The molecule has 5 heteroatoms. The largest absolute Gasteiger partial charge is 0.469 e. The second-order valence-electron chi connectivity index (χ2n) is 3.93. The molecule has 0 spiro atoms. The number of carbonyl (C=O) groups is 2. The minimum atomic E-state index is -0.566. The van der Waals surface area contributed by atoms with Gasteiger partial charge in [0.25, 0.3) is 0 Å². The van der Waals surface area contributed by atoms with E-state index in [2.05, 4.69) is 4.74 Å². The van der Waals surface area contributed by atoms with Gasteiger partial charge in [0, 0.05) is 5.02 Å². The van der Waals surface area contributed by atoms with Crippen LogP contribution in [0, 0.1) is 5.92 Å². The Balaban J connectivity index is 2.68. The Morgan fingerprint density at radius 1 is 1.28 bits per heavy atom. The molecule has 0 aliphatic carbocycles. The maximum absolute atomic E-state index is 11.8. The summed E-state index contributed by atoms with van der Waals surface area (Å²) in [5.74, 6) is -1.44. The van der Waals surface area contributed by atoms with Crippen molar-refractivity contribution in [3.63, 3.8) is 0 Å². The van der Waals surface area contributed by atoms with Gasteiger partial charge < -0.3 is 9.47 Å². The Hall–Kier alpha value is -1.55. The van der Waals surface area contributed by atoms with Crippen molar-refractivity contribution in [1.82, 2.24) is 0 Å². The number of hydrogen-bond donors (Lipinski definition) is 0. The molecule has 2 atom stereocenters. The van der Waals surface area contributed by atoms with Gasteiger partial charge in [0.2, 0.25) is 0 Å². The molecule has 1 aromatic carbocycles. The van der Waals surface area contributed by atoms with E-state index in [1.807, 2.05) is 0 Å². The smallest absolute Gasteiger partial charge is 0.338 e. The lowest BCUT2D eigenvalue weighted by Gasteiger charge is -2.18. The fraction of sp³-hybridized carbons (Fsp3) is 0.385. The van der Waals surface area contributed by atoms with E-state index in [0.717, 1.165) is 0 Å². The number of hydrogen-bond acceptors (Lipinski definition) is 4. The second kappa shape index (κ2) is 6.40. The first-order valence-electron chi connectivity index (χ1n) is 5.50. The molecule has 1 rings (SSSR count). The molecule has 0 aliphatic rings. The van der Waals surface area contributed by atoms with Crippen LogP contribution in [0.2, 0.25) is 5.02 Å². The van der Waals surface area contributed by atoms with Crippen LogP contribution in [0.4, 0.5) is 0 Å². The fourth-order valence-corrected chi connectivity index (χ4v) is 1.52. The molecule has 1 aromatic rings. The van der Waals surface area contributed by atoms with Crippen LogP contribution in [0.1, 0.15) is 24.2 Å². The minimum Gasteiger partial charge on any atom is -0.469 e. The lowest BCUT2D eigenvalue weighted by molar-refractivity contribution is -0.148. The van der Waals surface area contributed by atoms with Gasteiger partial charge in [0.15, 0.2) is 0 Å². The maximum Gasteiger partial charge on any atom is 0.338 e. The third kappa shape index (κ3) is 3.74. The molecule has 98 valence electrons. The average Bonchev–Trinajstić information content (AvgIpc) is 2.36. The highest BCUT2D eigenvalue weighted by Crippen LogP contribution is 2.15. The molecule has 0 aromatic heterocycles. The van der Waals surface area contributed by atoms with Crippen LogP contribution in [-0.2, 0) is 14.3 Å². The lowest BCUT2D eigenvalue weighted by atomic mass is 10.1. The van der Waals surface area contributed by atoms with Crippen LogP contribution in [0.5, 0.6) is 0 Å². The minimum absolute atomic E-state index is 0.353. The highest BCUT2D eigenvalue weighted by molar-refractivity contribution is 6.30. The Morgan fingerprint density at radius 2 is 1.94 bits per heavy atom. The number of ether oxygens (including phenoxy) is 2. The van der Waals surface area contributed by atoms with Crippen LogP contribution in [0.3, 0.4) is 0 Å². The normalized spacial score (nSPS) is 13.6. The number of rotatable bonds is 4. The summed E-state index contributed by atoms with van der Waals surface area (Å²) in [6.45, 7) is 3.28. The van der Waals surface area contributed by atoms with E-state index < -0.39 is 24.0 Å². The number of halogens is 1. The number of esters is 2.